The topological polar surface area (TPSA) is 16.4 Å². The molecule has 0 fully saturated rings. The fourth-order valence-electron chi connectivity index (χ4n) is 9.35. The molecule has 0 unspecified atom stereocenters. The lowest BCUT2D eigenvalue weighted by molar-refractivity contribution is 0.670. The van der Waals surface area contributed by atoms with Gasteiger partial charge in [0.25, 0.3) is 0 Å². The minimum absolute atomic E-state index is 0.602. The summed E-state index contributed by atoms with van der Waals surface area (Å²) in [5, 5.41) is 2.16. The third-order valence-corrected chi connectivity index (χ3v) is 11.8. The number of fused-ring (bicyclic) bond motifs is 6. The molecule has 57 heavy (non-hydrogen) atoms. The van der Waals surface area contributed by atoms with Crippen LogP contribution in [0.1, 0.15) is 22.3 Å². The Balaban J connectivity index is 1.25. The fourth-order valence-corrected chi connectivity index (χ4v) is 9.35. The third-order valence-electron chi connectivity index (χ3n) is 11.8. The highest BCUT2D eigenvalue weighted by molar-refractivity contribution is 6.17. The lowest BCUT2D eigenvalue weighted by atomic mass is 9.67. The lowest BCUT2D eigenvalue weighted by Gasteiger charge is -2.38. The van der Waals surface area contributed by atoms with E-state index in [0.717, 1.165) is 50.1 Å². The number of nitrogens with zero attached hydrogens (tertiary/aromatic N) is 1. The van der Waals surface area contributed by atoms with Crippen molar-refractivity contribution in [2.24, 2.45) is 0 Å². The fraction of sp³-hybridized carbons (Fsp3) is 0.0182. The van der Waals surface area contributed by atoms with Crippen LogP contribution in [0.3, 0.4) is 0 Å². The molecule has 2 nitrogen and oxygen atoms in total. The summed E-state index contributed by atoms with van der Waals surface area (Å²) in [5.74, 6) is 0. The molecule has 0 bridgehead atoms. The molecule has 10 aromatic rings. The van der Waals surface area contributed by atoms with Crippen LogP contribution in [-0.4, -0.2) is 0 Å². The maximum absolute atomic E-state index is 6.86. The van der Waals surface area contributed by atoms with E-state index in [9.17, 15) is 0 Å². The van der Waals surface area contributed by atoms with Crippen molar-refractivity contribution in [2.75, 3.05) is 4.90 Å². The molecule has 1 heterocycles. The van der Waals surface area contributed by atoms with Crippen LogP contribution in [0.5, 0.6) is 0 Å². The van der Waals surface area contributed by atoms with Gasteiger partial charge in [0.1, 0.15) is 11.2 Å². The van der Waals surface area contributed by atoms with Crippen molar-refractivity contribution >= 4 is 39.0 Å². The van der Waals surface area contributed by atoms with E-state index in [1.54, 1.807) is 0 Å². The minimum atomic E-state index is -0.602. The molecule has 0 amide bonds. The summed E-state index contributed by atoms with van der Waals surface area (Å²) in [4.78, 5) is 2.47. The molecule has 0 saturated heterocycles. The first kappa shape index (κ1) is 33.0. The van der Waals surface area contributed by atoms with Crippen molar-refractivity contribution in [2.45, 2.75) is 5.41 Å². The maximum atomic E-state index is 6.86. The van der Waals surface area contributed by atoms with Crippen LogP contribution in [0.25, 0.3) is 55.3 Å². The van der Waals surface area contributed by atoms with Gasteiger partial charge in [-0.15, -0.1) is 0 Å². The largest absolute Gasteiger partial charge is 0.455 e. The minimum Gasteiger partial charge on any atom is -0.455 e. The van der Waals surface area contributed by atoms with Gasteiger partial charge in [-0.25, -0.2) is 0 Å². The molecule has 1 aliphatic carbocycles. The SMILES string of the molecule is c1ccc(-c2ccc(N(c3ccccc3C3(c4ccccc4)c4ccccc4-c4ccccc43)c3ccc(-c4ccccc4)c4oc5ccccc5c34)cc2)cc1. The first-order chi connectivity index (χ1) is 28.3. The number of hydrogen-bond acceptors (Lipinski definition) is 2. The molecule has 0 N–H and O–H groups in total. The predicted octanol–water partition coefficient (Wildman–Crippen LogP) is 14.8. The van der Waals surface area contributed by atoms with E-state index in [-0.39, 0.29) is 0 Å². The number of para-hydroxylation sites is 2. The van der Waals surface area contributed by atoms with Gasteiger partial charge in [0.05, 0.1) is 22.2 Å². The van der Waals surface area contributed by atoms with Crippen LogP contribution in [0.2, 0.25) is 0 Å². The summed E-state index contributed by atoms with van der Waals surface area (Å²) in [6.45, 7) is 0. The normalized spacial score (nSPS) is 12.7. The molecule has 0 saturated carbocycles. The van der Waals surface area contributed by atoms with Gasteiger partial charge < -0.3 is 9.32 Å². The second-order valence-electron chi connectivity index (χ2n) is 14.8. The van der Waals surface area contributed by atoms with Gasteiger partial charge in [0.15, 0.2) is 0 Å². The Bertz CT molecular complexity index is 3010. The summed E-state index contributed by atoms with van der Waals surface area (Å²) < 4.78 is 6.86. The Morgan fingerprint density at radius 1 is 0.351 bits per heavy atom. The predicted molar refractivity (Wildman–Crippen MR) is 237 cm³/mol. The number of furan rings is 1. The summed E-state index contributed by atoms with van der Waals surface area (Å²) in [6, 6.07) is 81.2. The van der Waals surface area contributed by atoms with Crippen molar-refractivity contribution in [3.8, 4) is 33.4 Å². The van der Waals surface area contributed by atoms with Crippen LogP contribution in [0.15, 0.2) is 229 Å². The second kappa shape index (κ2) is 13.4. The van der Waals surface area contributed by atoms with Gasteiger partial charge in [-0.1, -0.05) is 188 Å². The Hall–Kier alpha value is -7.42. The van der Waals surface area contributed by atoms with Crippen molar-refractivity contribution in [3.63, 3.8) is 0 Å². The average molecular weight is 728 g/mol. The summed E-state index contributed by atoms with van der Waals surface area (Å²) in [6.07, 6.45) is 0. The number of benzene rings is 9. The lowest BCUT2D eigenvalue weighted by Crippen LogP contribution is -2.30. The molecule has 2 heteroatoms. The number of anilines is 3. The van der Waals surface area contributed by atoms with E-state index in [1.807, 2.05) is 0 Å². The van der Waals surface area contributed by atoms with Gasteiger partial charge in [0, 0.05) is 16.6 Å². The van der Waals surface area contributed by atoms with E-state index in [2.05, 4.69) is 229 Å². The summed E-state index contributed by atoms with van der Waals surface area (Å²) >= 11 is 0. The van der Waals surface area contributed by atoms with Gasteiger partial charge in [-0.2, -0.15) is 0 Å². The summed E-state index contributed by atoms with van der Waals surface area (Å²) in [7, 11) is 0. The summed E-state index contributed by atoms with van der Waals surface area (Å²) in [5.41, 5.74) is 16.4. The second-order valence-corrected chi connectivity index (χ2v) is 14.8. The molecule has 9 aromatic carbocycles. The third kappa shape index (κ3) is 5.11. The molecule has 0 spiro atoms. The van der Waals surface area contributed by atoms with Gasteiger partial charge in [0.2, 0.25) is 0 Å². The molecular weight excluding hydrogens is 691 g/mol. The van der Waals surface area contributed by atoms with Gasteiger partial charge in [-0.05, 0) is 86.5 Å². The maximum Gasteiger partial charge on any atom is 0.145 e. The zero-order valence-electron chi connectivity index (χ0n) is 31.2. The van der Waals surface area contributed by atoms with Crippen molar-refractivity contribution < 1.29 is 4.42 Å². The molecular formula is C55H37NO. The molecule has 11 rings (SSSR count). The van der Waals surface area contributed by atoms with Crippen LogP contribution >= 0.6 is 0 Å². The van der Waals surface area contributed by atoms with Gasteiger partial charge in [-0.3, -0.25) is 0 Å². The van der Waals surface area contributed by atoms with E-state index >= 15 is 0 Å². The van der Waals surface area contributed by atoms with Crippen molar-refractivity contribution in [3.05, 3.63) is 247 Å². The van der Waals surface area contributed by atoms with E-state index in [4.69, 9.17) is 4.42 Å². The Morgan fingerprint density at radius 3 is 1.56 bits per heavy atom. The van der Waals surface area contributed by atoms with Crippen molar-refractivity contribution in [1.29, 1.82) is 0 Å². The zero-order valence-corrected chi connectivity index (χ0v) is 31.2. The molecule has 268 valence electrons. The van der Waals surface area contributed by atoms with Crippen molar-refractivity contribution in [1.82, 2.24) is 0 Å². The van der Waals surface area contributed by atoms with E-state index in [1.165, 1.54) is 44.5 Å². The van der Waals surface area contributed by atoms with Crippen LogP contribution < -0.4 is 4.90 Å². The van der Waals surface area contributed by atoms with Crippen LogP contribution in [0, 0.1) is 0 Å². The monoisotopic (exact) mass is 727 g/mol. The highest BCUT2D eigenvalue weighted by Gasteiger charge is 2.47. The molecule has 0 aliphatic heterocycles. The van der Waals surface area contributed by atoms with E-state index in [0.29, 0.717) is 0 Å². The Labute approximate surface area is 332 Å². The molecule has 0 radical (unpaired) electrons. The smallest absolute Gasteiger partial charge is 0.145 e. The highest BCUT2D eigenvalue weighted by Crippen LogP contribution is 2.59. The average Bonchev–Trinajstić information content (AvgIpc) is 3.83. The van der Waals surface area contributed by atoms with Crippen LogP contribution in [0.4, 0.5) is 17.1 Å². The zero-order chi connectivity index (χ0) is 37.8. The number of rotatable bonds is 7. The quantitative estimate of drug-likeness (QED) is 0.163. The number of hydrogen-bond donors (Lipinski definition) is 0. The first-order valence-corrected chi connectivity index (χ1v) is 19.6. The van der Waals surface area contributed by atoms with Crippen LogP contribution in [-0.2, 0) is 5.41 Å². The Kier molecular flexibility index (Phi) is 7.75. The first-order valence-electron chi connectivity index (χ1n) is 19.6. The Morgan fingerprint density at radius 2 is 0.877 bits per heavy atom. The standard InChI is InChI=1S/C55H37NO/c1-4-18-38(19-5-1)39-32-34-42(35-33-39)56(51-37-36-43(40-20-6-2-7-21-40)54-53(51)46-26-12-17-31-52(46)57-54)50-30-16-15-29-49(50)55(41-22-8-3-9-23-41)47-27-13-10-24-44(47)45-25-11-14-28-48(45)55/h1-37H. The molecule has 1 aromatic heterocycles. The van der Waals surface area contributed by atoms with E-state index < -0.39 is 5.41 Å². The molecule has 0 atom stereocenters. The van der Waals surface area contributed by atoms with Gasteiger partial charge >= 0.3 is 0 Å². The molecule has 1 aliphatic rings. The highest BCUT2D eigenvalue weighted by atomic mass is 16.3.